The first-order valence-electron chi connectivity index (χ1n) is 7.84. The largest absolute Gasteiger partial charge is 0.490 e. The fourth-order valence-corrected chi connectivity index (χ4v) is 3.11. The second kappa shape index (κ2) is 7.26. The highest BCUT2D eigenvalue weighted by Crippen LogP contribution is 2.26. The average molecular weight is 448 g/mol. The van der Waals surface area contributed by atoms with Crippen LogP contribution in [0.3, 0.4) is 0 Å². The molecule has 0 unspecified atom stereocenters. The SMILES string of the molecule is CC(C)Oc1ccc(C=C2C(=O)NN(c3ccccc3)C2=O)cc1I. The molecule has 1 aliphatic rings. The van der Waals surface area contributed by atoms with Gasteiger partial charge < -0.3 is 4.74 Å². The maximum absolute atomic E-state index is 12.6. The van der Waals surface area contributed by atoms with Crippen molar-refractivity contribution in [3.8, 4) is 5.75 Å². The Kier molecular flexibility index (Phi) is 5.08. The summed E-state index contributed by atoms with van der Waals surface area (Å²) in [5.41, 5.74) is 4.10. The van der Waals surface area contributed by atoms with Crippen LogP contribution in [0.25, 0.3) is 6.08 Å². The van der Waals surface area contributed by atoms with Gasteiger partial charge in [-0.25, -0.2) is 5.01 Å². The van der Waals surface area contributed by atoms with E-state index in [-0.39, 0.29) is 17.6 Å². The Hall–Kier alpha value is -2.35. The molecule has 1 saturated heterocycles. The van der Waals surface area contributed by atoms with Crippen molar-refractivity contribution in [1.29, 1.82) is 0 Å². The molecule has 128 valence electrons. The number of rotatable bonds is 4. The zero-order valence-electron chi connectivity index (χ0n) is 13.8. The fourth-order valence-electron chi connectivity index (χ4n) is 2.44. The van der Waals surface area contributed by atoms with Crippen LogP contribution >= 0.6 is 22.6 Å². The fraction of sp³-hybridized carbons (Fsp3) is 0.158. The topological polar surface area (TPSA) is 58.6 Å². The molecule has 0 saturated carbocycles. The summed E-state index contributed by atoms with van der Waals surface area (Å²) in [5.74, 6) is 0.00550. The number of anilines is 1. The van der Waals surface area contributed by atoms with E-state index in [0.29, 0.717) is 5.69 Å². The van der Waals surface area contributed by atoms with E-state index in [1.54, 1.807) is 18.2 Å². The number of halogens is 1. The lowest BCUT2D eigenvalue weighted by atomic mass is 10.1. The first kappa shape index (κ1) is 17.5. The zero-order valence-corrected chi connectivity index (χ0v) is 16.0. The van der Waals surface area contributed by atoms with Crippen LogP contribution in [-0.4, -0.2) is 17.9 Å². The second-order valence-electron chi connectivity index (χ2n) is 5.83. The van der Waals surface area contributed by atoms with E-state index in [4.69, 9.17) is 4.74 Å². The maximum atomic E-state index is 12.6. The highest BCUT2D eigenvalue weighted by Gasteiger charge is 2.34. The van der Waals surface area contributed by atoms with Crippen LogP contribution in [0.5, 0.6) is 5.75 Å². The number of nitrogens with one attached hydrogen (secondary N) is 1. The minimum Gasteiger partial charge on any atom is -0.490 e. The van der Waals surface area contributed by atoms with E-state index in [9.17, 15) is 9.59 Å². The number of amides is 2. The van der Waals surface area contributed by atoms with Gasteiger partial charge in [0, 0.05) is 0 Å². The lowest BCUT2D eigenvalue weighted by molar-refractivity contribution is -0.117. The Labute approximate surface area is 159 Å². The van der Waals surface area contributed by atoms with Gasteiger partial charge in [-0.3, -0.25) is 15.0 Å². The Morgan fingerprint density at radius 3 is 2.48 bits per heavy atom. The Morgan fingerprint density at radius 1 is 1.12 bits per heavy atom. The number of ether oxygens (including phenoxy) is 1. The van der Waals surface area contributed by atoms with Crippen molar-refractivity contribution >= 4 is 46.2 Å². The van der Waals surface area contributed by atoms with Crippen LogP contribution in [0, 0.1) is 3.57 Å². The van der Waals surface area contributed by atoms with Crippen molar-refractivity contribution in [2.45, 2.75) is 20.0 Å². The molecule has 0 radical (unpaired) electrons. The number of para-hydroxylation sites is 1. The summed E-state index contributed by atoms with van der Waals surface area (Å²) in [5, 5.41) is 1.26. The minimum atomic E-state index is -0.411. The number of benzene rings is 2. The molecule has 1 heterocycles. The van der Waals surface area contributed by atoms with Crippen LogP contribution in [0.1, 0.15) is 19.4 Å². The van der Waals surface area contributed by atoms with Gasteiger partial charge in [-0.15, -0.1) is 0 Å². The van der Waals surface area contributed by atoms with Crippen molar-refractivity contribution in [2.75, 3.05) is 5.01 Å². The van der Waals surface area contributed by atoms with E-state index in [0.717, 1.165) is 14.9 Å². The summed E-state index contributed by atoms with van der Waals surface area (Å²) >= 11 is 2.18. The lowest BCUT2D eigenvalue weighted by Crippen LogP contribution is -2.35. The lowest BCUT2D eigenvalue weighted by Gasteiger charge is -2.14. The smallest absolute Gasteiger partial charge is 0.282 e. The summed E-state index contributed by atoms with van der Waals surface area (Å²) in [7, 11) is 0. The van der Waals surface area contributed by atoms with Crippen LogP contribution in [0.4, 0.5) is 5.69 Å². The number of hydrazine groups is 1. The number of hydrogen-bond donors (Lipinski definition) is 1. The Balaban J connectivity index is 1.87. The standard InChI is InChI=1S/C19H17IN2O3/c1-12(2)25-17-9-8-13(11-16(17)20)10-15-18(23)21-22(19(15)24)14-6-4-3-5-7-14/h3-12H,1-2H3,(H,21,23). The quantitative estimate of drug-likeness (QED) is 0.443. The molecular weight excluding hydrogens is 431 g/mol. The Morgan fingerprint density at radius 2 is 1.84 bits per heavy atom. The van der Waals surface area contributed by atoms with Gasteiger partial charge in [0.15, 0.2) is 0 Å². The molecule has 2 aromatic rings. The molecule has 1 N–H and O–H groups in total. The van der Waals surface area contributed by atoms with Gasteiger partial charge in [0.1, 0.15) is 11.3 Å². The van der Waals surface area contributed by atoms with Gasteiger partial charge in [0.05, 0.1) is 15.4 Å². The van der Waals surface area contributed by atoms with Gasteiger partial charge in [-0.05, 0) is 72.3 Å². The molecule has 6 heteroatoms. The summed E-state index contributed by atoms with van der Waals surface area (Å²) < 4.78 is 6.63. The van der Waals surface area contributed by atoms with Gasteiger partial charge in [-0.1, -0.05) is 24.3 Å². The second-order valence-corrected chi connectivity index (χ2v) is 6.99. The molecule has 2 aromatic carbocycles. The molecule has 3 rings (SSSR count). The number of hydrogen-bond acceptors (Lipinski definition) is 3. The van der Waals surface area contributed by atoms with Crippen LogP contribution in [-0.2, 0) is 9.59 Å². The molecule has 5 nitrogen and oxygen atoms in total. The molecule has 0 atom stereocenters. The van der Waals surface area contributed by atoms with Crippen molar-refractivity contribution < 1.29 is 14.3 Å². The Bertz CT molecular complexity index is 847. The highest BCUT2D eigenvalue weighted by atomic mass is 127. The van der Waals surface area contributed by atoms with Crippen molar-refractivity contribution in [3.05, 3.63) is 63.2 Å². The van der Waals surface area contributed by atoms with E-state index in [2.05, 4.69) is 28.0 Å². The molecule has 0 aromatic heterocycles. The van der Waals surface area contributed by atoms with E-state index in [1.165, 1.54) is 5.01 Å². The summed E-state index contributed by atoms with van der Waals surface area (Å²) in [6.45, 7) is 3.93. The van der Waals surface area contributed by atoms with Gasteiger partial charge in [0.25, 0.3) is 11.8 Å². The number of carbonyl (C=O) groups excluding carboxylic acids is 2. The molecule has 2 amide bonds. The van der Waals surface area contributed by atoms with Crippen LogP contribution in [0.15, 0.2) is 54.1 Å². The van der Waals surface area contributed by atoms with Crippen LogP contribution < -0.4 is 15.2 Å². The molecular formula is C19H17IN2O3. The summed E-state index contributed by atoms with van der Waals surface area (Å²) in [4.78, 5) is 24.8. The summed E-state index contributed by atoms with van der Waals surface area (Å²) in [6.07, 6.45) is 1.68. The van der Waals surface area contributed by atoms with Gasteiger partial charge in [0.2, 0.25) is 0 Å². The van der Waals surface area contributed by atoms with Gasteiger partial charge >= 0.3 is 0 Å². The molecule has 1 fully saturated rings. The predicted molar refractivity (Wildman–Crippen MR) is 105 cm³/mol. The van der Waals surface area contributed by atoms with Crippen molar-refractivity contribution in [3.63, 3.8) is 0 Å². The molecule has 0 aliphatic carbocycles. The minimum absolute atomic E-state index is 0.0827. The first-order valence-corrected chi connectivity index (χ1v) is 8.92. The monoisotopic (exact) mass is 448 g/mol. The van der Waals surface area contributed by atoms with Crippen molar-refractivity contribution in [1.82, 2.24) is 5.43 Å². The van der Waals surface area contributed by atoms with E-state index in [1.807, 2.05) is 50.2 Å². The number of carbonyl (C=O) groups is 2. The highest BCUT2D eigenvalue weighted by molar-refractivity contribution is 14.1. The van der Waals surface area contributed by atoms with Crippen molar-refractivity contribution in [2.24, 2.45) is 0 Å². The molecule has 0 spiro atoms. The number of nitrogens with zero attached hydrogens (tertiary/aromatic N) is 1. The molecule has 1 aliphatic heterocycles. The predicted octanol–water partition coefficient (Wildman–Crippen LogP) is 3.54. The average Bonchev–Trinajstić information content (AvgIpc) is 2.86. The maximum Gasteiger partial charge on any atom is 0.282 e. The third kappa shape index (κ3) is 3.84. The van der Waals surface area contributed by atoms with Gasteiger partial charge in [-0.2, -0.15) is 0 Å². The molecule has 0 bridgehead atoms. The summed E-state index contributed by atoms with van der Waals surface area (Å²) in [6, 6.07) is 14.6. The van der Waals surface area contributed by atoms with E-state index >= 15 is 0 Å². The van der Waals surface area contributed by atoms with Crippen LogP contribution in [0.2, 0.25) is 0 Å². The third-order valence-corrected chi connectivity index (χ3v) is 4.38. The zero-order chi connectivity index (χ0) is 18.0. The van der Waals surface area contributed by atoms with E-state index < -0.39 is 5.91 Å². The first-order chi connectivity index (χ1) is 12.0. The third-order valence-electron chi connectivity index (χ3n) is 3.54. The normalized spacial score (nSPS) is 15.8. The molecule has 25 heavy (non-hydrogen) atoms.